The van der Waals surface area contributed by atoms with Crippen LogP contribution in [0.3, 0.4) is 0 Å². The molecular weight excluding hydrogens is 1110 g/mol. The maximum Gasteiger partial charge on any atom is 0.145 e. The molecule has 532 valence electrons. The minimum absolute atomic E-state index is 0.130. The largest absolute Gasteiger partial charge is 0.298 e. The van der Waals surface area contributed by atoms with Crippen molar-refractivity contribution in [3.05, 3.63) is 0 Å². The van der Waals surface area contributed by atoms with Crippen molar-refractivity contribution < 1.29 is 9.59 Å². The molecule has 10 aliphatic carbocycles. The molecule has 0 aromatic carbocycles. The zero-order valence-corrected chi connectivity index (χ0v) is 62.8. The summed E-state index contributed by atoms with van der Waals surface area (Å²) in [5.74, 6) is 13.3. The molecule has 0 N–H and O–H groups in total. The van der Waals surface area contributed by atoms with Gasteiger partial charge in [0.05, 0.1) is 0 Å². The van der Waals surface area contributed by atoms with Crippen LogP contribution in [0.4, 0.5) is 0 Å². The van der Waals surface area contributed by atoms with E-state index in [1.807, 2.05) is 0 Å². The Balaban J connectivity index is 0.000000218. The van der Waals surface area contributed by atoms with Gasteiger partial charge in [-0.15, -0.1) is 0 Å². The number of unbranched alkanes of at least 4 members (excludes halogenated alkanes) is 26. The molecule has 0 atom stereocenters. The van der Waals surface area contributed by atoms with E-state index in [1.165, 1.54) is 437 Å². The number of carbonyl (C=O) groups is 2. The molecule has 0 amide bonds. The monoisotopic (exact) mass is 1270 g/mol. The second kappa shape index (κ2) is 40.6. The summed E-state index contributed by atoms with van der Waals surface area (Å²) < 4.78 is 0. The van der Waals surface area contributed by atoms with E-state index in [0.29, 0.717) is 0 Å². The first-order valence-electron chi connectivity index (χ1n) is 44.2. The highest BCUT2D eigenvalue weighted by atomic mass is 16.1. The third-order valence-corrected chi connectivity index (χ3v) is 30.8. The maximum absolute atomic E-state index is 14.0. The Morgan fingerprint density at radius 2 is 0.359 bits per heavy atom. The van der Waals surface area contributed by atoms with Crippen LogP contribution in [-0.2, 0) is 9.59 Å². The van der Waals surface area contributed by atoms with Crippen molar-refractivity contribution >= 4 is 11.6 Å². The van der Waals surface area contributed by atoms with Crippen molar-refractivity contribution in [3.8, 4) is 0 Å². The standard InChI is InChI=1S/C46H82O.C44H78O/c1-3-5-7-9-11-13-15-17-19-38-21-25-40(26-22-38)42-29-33-45(34-30-42)37-46(44(45)47)35-31-43(32-36-46)41-27-23-39(24-28-41)20-18-16-14-12-10-8-6-4-2;1-3-5-7-9-11-13-15-17-36-19-23-38(24-20-36)40-27-31-43(32-28-40)35-44(42(43)45)33-29-41(30-34-44)39-25-21-37(22-26-39)18-16-14-12-10-8-6-4-2/h38-43H,3-37H2,1-2H3;36-41H,3-35H2,1-2H3/t38-,39-,40-,41-,42?,43?,45?,46?;36-,37-,38-,39-,40?,41?,43?,44?. The molecule has 2 nitrogen and oxygen atoms in total. The van der Waals surface area contributed by atoms with Crippen LogP contribution in [0, 0.1) is 92.7 Å². The minimum Gasteiger partial charge on any atom is -0.298 e. The lowest BCUT2D eigenvalue weighted by Gasteiger charge is -2.60. The SMILES string of the molecule is CCCCCCCCCC[C@H]1CC[C@H](C2CCC3(CC2)CC2(CCC([C@H]4CC[C@H](CCCCCCCCCC)CC4)CC2)C3=O)CC1.CCCCCCCCC[C@H]1CC[C@H](C2CCC3(CC2)CC2(CCC([C@H]4CC[C@H](CCCCCCCCC)CC4)CC2)C3=O)CC1. The van der Waals surface area contributed by atoms with Crippen molar-refractivity contribution in [2.75, 3.05) is 0 Å². The van der Waals surface area contributed by atoms with Crippen LogP contribution >= 0.6 is 0 Å². The molecule has 92 heavy (non-hydrogen) atoms. The smallest absolute Gasteiger partial charge is 0.145 e. The van der Waals surface area contributed by atoms with Gasteiger partial charge in [0, 0.05) is 21.7 Å². The van der Waals surface area contributed by atoms with Gasteiger partial charge in [0.25, 0.3) is 0 Å². The van der Waals surface area contributed by atoms with Gasteiger partial charge >= 0.3 is 0 Å². The molecule has 0 bridgehead atoms. The Kier molecular flexibility index (Phi) is 33.3. The van der Waals surface area contributed by atoms with E-state index < -0.39 is 0 Å². The second-order valence-corrected chi connectivity index (χ2v) is 37.0. The molecule has 10 aliphatic rings. The predicted octanol–water partition coefficient (Wildman–Crippen LogP) is 29.2. The Morgan fingerprint density at radius 1 is 0.207 bits per heavy atom. The molecular formula is C90H160O2. The van der Waals surface area contributed by atoms with Gasteiger partial charge in [-0.3, -0.25) is 9.59 Å². The molecule has 0 aromatic rings. The second-order valence-electron chi connectivity index (χ2n) is 37.0. The molecule has 2 heteroatoms. The van der Waals surface area contributed by atoms with Gasteiger partial charge in [-0.25, -0.2) is 0 Å². The van der Waals surface area contributed by atoms with Crippen molar-refractivity contribution in [3.63, 3.8) is 0 Å². The molecule has 0 aromatic heterocycles. The first kappa shape index (κ1) is 75.5. The van der Waals surface area contributed by atoms with Crippen molar-refractivity contribution in [2.45, 2.75) is 464 Å². The van der Waals surface area contributed by atoms with Crippen molar-refractivity contribution in [1.29, 1.82) is 0 Å². The van der Waals surface area contributed by atoms with Gasteiger partial charge in [0.1, 0.15) is 11.6 Å². The summed E-state index contributed by atoms with van der Waals surface area (Å²) in [7, 11) is 0. The van der Waals surface area contributed by atoms with E-state index in [0.717, 1.165) is 82.6 Å². The summed E-state index contributed by atoms with van der Waals surface area (Å²) >= 11 is 0. The molecule has 10 rings (SSSR count). The van der Waals surface area contributed by atoms with Gasteiger partial charge in [-0.05, 0) is 238 Å². The summed E-state index contributed by atoms with van der Waals surface area (Å²) in [6.07, 6.45) is 97.2. The third kappa shape index (κ3) is 22.2. The normalized spacial score (nSPS) is 36.7. The fourth-order valence-electron chi connectivity index (χ4n) is 24.5. The number of hydrogen-bond donors (Lipinski definition) is 0. The van der Waals surface area contributed by atoms with Gasteiger partial charge in [0.15, 0.2) is 0 Å². The van der Waals surface area contributed by atoms with E-state index in [9.17, 15) is 9.59 Å². The number of ketones is 2. The Bertz CT molecular complexity index is 1800. The summed E-state index contributed by atoms with van der Waals surface area (Å²) in [5.41, 5.74) is 0.521. The average molecular weight is 1270 g/mol. The lowest BCUT2D eigenvalue weighted by atomic mass is 9.42. The first-order chi connectivity index (χ1) is 45.1. The van der Waals surface area contributed by atoms with E-state index in [4.69, 9.17) is 0 Å². The molecule has 10 fully saturated rings. The van der Waals surface area contributed by atoms with Gasteiger partial charge in [-0.2, -0.15) is 0 Å². The number of hydrogen-bond acceptors (Lipinski definition) is 2. The zero-order chi connectivity index (χ0) is 64.2. The molecule has 0 heterocycles. The highest BCUT2D eigenvalue weighted by Gasteiger charge is 2.65. The molecule has 0 radical (unpaired) electrons. The zero-order valence-electron chi connectivity index (χ0n) is 62.8. The predicted molar refractivity (Wildman–Crippen MR) is 398 cm³/mol. The van der Waals surface area contributed by atoms with E-state index in [2.05, 4.69) is 27.7 Å². The summed E-state index contributed by atoms with van der Waals surface area (Å²) in [5, 5.41) is 0. The fourth-order valence-corrected chi connectivity index (χ4v) is 24.5. The van der Waals surface area contributed by atoms with Gasteiger partial charge in [-0.1, -0.05) is 297 Å². The van der Waals surface area contributed by atoms with Crippen LogP contribution in [0.2, 0.25) is 0 Å². The lowest BCUT2D eigenvalue weighted by molar-refractivity contribution is -0.170. The minimum atomic E-state index is 0.130. The van der Waals surface area contributed by atoms with Crippen molar-refractivity contribution in [2.24, 2.45) is 92.7 Å². The summed E-state index contributed by atoms with van der Waals surface area (Å²) in [4.78, 5) is 28.0. The summed E-state index contributed by atoms with van der Waals surface area (Å²) in [6, 6.07) is 0. The summed E-state index contributed by atoms with van der Waals surface area (Å²) in [6.45, 7) is 9.27. The third-order valence-electron chi connectivity index (χ3n) is 30.8. The highest BCUT2D eigenvalue weighted by Crippen LogP contribution is 2.67. The van der Waals surface area contributed by atoms with Crippen LogP contribution < -0.4 is 0 Å². The van der Waals surface area contributed by atoms with Crippen LogP contribution in [-0.4, -0.2) is 11.6 Å². The maximum atomic E-state index is 14.0. The van der Waals surface area contributed by atoms with E-state index in [1.54, 1.807) is 0 Å². The lowest BCUT2D eigenvalue weighted by Crippen LogP contribution is -2.60. The first-order valence-corrected chi connectivity index (χ1v) is 44.2. The molecule has 0 aliphatic heterocycles. The molecule has 0 saturated heterocycles. The Hall–Kier alpha value is -0.660. The topological polar surface area (TPSA) is 34.1 Å². The van der Waals surface area contributed by atoms with Crippen LogP contribution in [0.15, 0.2) is 0 Å². The molecule has 0 unspecified atom stereocenters. The number of Topliss-reactive ketones (excluding diaryl/α,β-unsaturated/α-hetero) is 2. The van der Waals surface area contributed by atoms with E-state index >= 15 is 0 Å². The van der Waals surface area contributed by atoms with Crippen LogP contribution in [0.5, 0.6) is 0 Å². The quantitative estimate of drug-likeness (QED) is 0.0578. The fraction of sp³-hybridized carbons (Fsp3) is 0.978. The van der Waals surface area contributed by atoms with Gasteiger partial charge < -0.3 is 0 Å². The van der Waals surface area contributed by atoms with E-state index in [-0.39, 0.29) is 21.7 Å². The number of carbonyl (C=O) groups excluding carboxylic acids is 2. The highest BCUT2D eigenvalue weighted by molar-refractivity contribution is 5.97. The Labute approximate surface area is 574 Å². The van der Waals surface area contributed by atoms with Crippen molar-refractivity contribution in [1.82, 2.24) is 0 Å². The van der Waals surface area contributed by atoms with Crippen LogP contribution in [0.1, 0.15) is 464 Å². The van der Waals surface area contributed by atoms with Gasteiger partial charge in [0.2, 0.25) is 0 Å². The molecule has 10 saturated carbocycles. The molecule has 4 spiro atoms. The van der Waals surface area contributed by atoms with Crippen LogP contribution in [0.25, 0.3) is 0 Å². The average Bonchev–Trinajstić information content (AvgIpc) is 0.730. The number of rotatable bonds is 38. The Morgan fingerprint density at radius 3 is 0.522 bits per heavy atom.